The van der Waals surface area contributed by atoms with Gasteiger partial charge in [-0.3, -0.25) is 4.79 Å². The van der Waals surface area contributed by atoms with Gasteiger partial charge in [-0.05, 0) is 13.0 Å². The fraction of sp³-hybridized carbons (Fsp3) is 0.625. The zero-order chi connectivity index (χ0) is 7.84. The Balaban J connectivity index is 2.12. The van der Waals surface area contributed by atoms with Crippen LogP contribution in [0.1, 0.15) is 6.92 Å². The molecule has 0 saturated carbocycles. The average Bonchev–Trinajstić information content (AvgIpc) is 2.41. The van der Waals surface area contributed by atoms with E-state index in [-0.39, 0.29) is 17.9 Å². The Bertz CT molecular complexity index is 212. The summed E-state index contributed by atoms with van der Waals surface area (Å²) >= 11 is 0. The molecular weight excluding hydrogens is 142 g/mol. The van der Waals surface area contributed by atoms with Gasteiger partial charge in [0.05, 0.1) is 6.26 Å². The average molecular weight is 153 g/mol. The van der Waals surface area contributed by atoms with Crippen LogP contribution in [-0.4, -0.2) is 24.5 Å². The van der Waals surface area contributed by atoms with Crippen molar-refractivity contribution in [3.8, 4) is 0 Å². The van der Waals surface area contributed by atoms with E-state index in [9.17, 15) is 4.79 Å². The zero-order valence-corrected chi connectivity index (χ0v) is 6.41. The molecule has 2 aliphatic rings. The fourth-order valence-electron chi connectivity index (χ4n) is 1.71. The van der Waals surface area contributed by atoms with Gasteiger partial charge in [0.15, 0.2) is 0 Å². The monoisotopic (exact) mass is 153 g/mol. The lowest BCUT2D eigenvalue weighted by molar-refractivity contribution is -0.120. The molecule has 0 amide bonds. The highest BCUT2D eigenvalue weighted by Gasteiger charge is 2.40. The first-order valence-electron chi connectivity index (χ1n) is 3.85. The molecule has 2 rings (SSSR count). The Morgan fingerprint density at radius 1 is 1.73 bits per heavy atom. The number of hydrogen-bond donors (Lipinski definition) is 1. The van der Waals surface area contributed by atoms with Gasteiger partial charge in [0.25, 0.3) is 0 Å². The molecule has 2 aliphatic heterocycles. The van der Waals surface area contributed by atoms with Crippen molar-refractivity contribution in [3.05, 3.63) is 12.3 Å². The molecule has 0 bridgehead atoms. The van der Waals surface area contributed by atoms with E-state index in [1.807, 2.05) is 6.08 Å². The second-order valence-electron chi connectivity index (χ2n) is 3.09. The van der Waals surface area contributed by atoms with Crippen LogP contribution in [0.5, 0.6) is 0 Å². The molecule has 0 aromatic heterocycles. The summed E-state index contributed by atoms with van der Waals surface area (Å²) in [7, 11) is 0. The minimum Gasteiger partial charge on any atom is -0.496 e. The minimum absolute atomic E-state index is 0.0625. The molecule has 3 heteroatoms. The Kier molecular flexibility index (Phi) is 1.46. The molecule has 0 radical (unpaired) electrons. The van der Waals surface area contributed by atoms with Crippen LogP contribution < -0.4 is 5.32 Å². The molecule has 0 aromatic rings. The molecular formula is C8H11NO2. The fourth-order valence-corrected chi connectivity index (χ4v) is 1.71. The Morgan fingerprint density at radius 2 is 2.55 bits per heavy atom. The van der Waals surface area contributed by atoms with E-state index in [0.29, 0.717) is 5.92 Å². The molecule has 1 saturated heterocycles. The van der Waals surface area contributed by atoms with Gasteiger partial charge in [-0.2, -0.15) is 0 Å². The van der Waals surface area contributed by atoms with Crippen LogP contribution in [0.3, 0.4) is 0 Å². The van der Waals surface area contributed by atoms with Crippen molar-refractivity contribution in [1.82, 2.24) is 5.32 Å². The maximum absolute atomic E-state index is 11.0. The van der Waals surface area contributed by atoms with E-state index in [1.165, 1.54) is 0 Å². The molecule has 0 aliphatic carbocycles. The predicted molar refractivity (Wildman–Crippen MR) is 40.0 cm³/mol. The van der Waals surface area contributed by atoms with Crippen molar-refractivity contribution in [2.45, 2.75) is 19.1 Å². The number of Topliss-reactive ketones (excluding diaryl/α,β-unsaturated/α-hetero) is 1. The van der Waals surface area contributed by atoms with Gasteiger partial charge in [-0.1, -0.05) is 0 Å². The quantitative estimate of drug-likeness (QED) is 0.579. The number of ether oxygens (including phenoxy) is 1. The SMILES string of the molecule is CC(=O)C1NCC2C=COC21. The van der Waals surface area contributed by atoms with Crippen LogP contribution >= 0.6 is 0 Å². The van der Waals surface area contributed by atoms with Gasteiger partial charge in [0, 0.05) is 12.5 Å². The van der Waals surface area contributed by atoms with Gasteiger partial charge in [0.2, 0.25) is 0 Å². The Morgan fingerprint density at radius 3 is 3.27 bits per heavy atom. The standard InChI is InChI=1S/C8H11NO2/c1-5(10)7-8-6(4-9-7)2-3-11-8/h2-3,6-9H,4H2,1H3. The van der Waals surface area contributed by atoms with Crippen molar-refractivity contribution in [2.75, 3.05) is 6.54 Å². The molecule has 1 N–H and O–H groups in total. The summed E-state index contributed by atoms with van der Waals surface area (Å²) in [4.78, 5) is 11.0. The highest BCUT2D eigenvalue weighted by atomic mass is 16.5. The number of ketones is 1. The van der Waals surface area contributed by atoms with Crippen LogP contribution in [0.4, 0.5) is 0 Å². The Hall–Kier alpha value is -0.830. The topological polar surface area (TPSA) is 38.3 Å². The van der Waals surface area contributed by atoms with Crippen molar-refractivity contribution >= 4 is 5.78 Å². The number of hydrogen-bond acceptors (Lipinski definition) is 3. The van der Waals surface area contributed by atoms with Crippen LogP contribution in [-0.2, 0) is 9.53 Å². The van der Waals surface area contributed by atoms with Crippen LogP contribution in [0.25, 0.3) is 0 Å². The lowest BCUT2D eigenvalue weighted by Crippen LogP contribution is -2.37. The van der Waals surface area contributed by atoms with E-state index in [4.69, 9.17) is 4.74 Å². The first-order chi connectivity index (χ1) is 5.29. The highest BCUT2D eigenvalue weighted by molar-refractivity contribution is 5.82. The van der Waals surface area contributed by atoms with Crippen LogP contribution in [0.15, 0.2) is 12.3 Å². The number of carbonyl (C=O) groups is 1. The maximum Gasteiger partial charge on any atom is 0.150 e. The number of fused-ring (bicyclic) bond motifs is 1. The van der Waals surface area contributed by atoms with Gasteiger partial charge in [0.1, 0.15) is 17.9 Å². The Labute approximate surface area is 65.4 Å². The van der Waals surface area contributed by atoms with Crippen LogP contribution in [0.2, 0.25) is 0 Å². The molecule has 3 atom stereocenters. The molecule has 3 nitrogen and oxygen atoms in total. The third kappa shape index (κ3) is 0.959. The van der Waals surface area contributed by atoms with Crippen molar-refractivity contribution in [2.24, 2.45) is 5.92 Å². The molecule has 0 spiro atoms. The number of nitrogens with one attached hydrogen (secondary N) is 1. The summed E-state index contributed by atoms with van der Waals surface area (Å²) in [6.45, 7) is 2.47. The summed E-state index contributed by atoms with van der Waals surface area (Å²) in [5.41, 5.74) is 0. The molecule has 60 valence electrons. The summed E-state index contributed by atoms with van der Waals surface area (Å²) in [6, 6.07) is -0.0880. The number of carbonyl (C=O) groups excluding carboxylic acids is 1. The lowest BCUT2D eigenvalue weighted by Gasteiger charge is -2.14. The predicted octanol–water partition coefficient (Wildman–Crippen LogP) is 0.0759. The van der Waals surface area contributed by atoms with Gasteiger partial charge < -0.3 is 10.1 Å². The highest BCUT2D eigenvalue weighted by Crippen LogP contribution is 2.25. The summed E-state index contributed by atoms with van der Waals surface area (Å²) in [6.07, 6.45) is 3.78. The lowest BCUT2D eigenvalue weighted by atomic mass is 10.0. The molecule has 3 unspecified atom stereocenters. The van der Waals surface area contributed by atoms with Crippen molar-refractivity contribution in [1.29, 1.82) is 0 Å². The van der Waals surface area contributed by atoms with Crippen molar-refractivity contribution in [3.63, 3.8) is 0 Å². The molecule has 0 aromatic carbocycles. The second kappa shape index (κ2) is 2.34. The molecule has 2 heterocycles. The van der Waals surface area contributed by atoms with Gasteiger partial charge >= 0.3 is 0 Å². The molecule has 11 heavy (non-hydrogen) atoms. The van der Waals surface area contributed by atoms with Gasteiger partial charge in [-0.15, -0.1) is 0 Å². The smallest absolute Gasteiger partial charge is 0.150 e. The number of rotatable bonds is 1. The third-order valence-electron chi connectivity index (χ3n) is 2.32. The van der Waals surface area contributed by atoms with Crippen LogP contribution in [0, 0.1) is 5.92 Å². The van der Waals surface area contributed by atoms with E-state index >= 15 is 0 Å². The largest absolute Gasteiger partial charge is 0.496 e. The first kappa shape index (κ1) is 6.85. The third-order valence-corrected chi connectivity index (χ3v) is 2.32. The minimum atomic E-state index is -0.0880. The summed E-state index contributed by atoms with van der Waals surface area (Å²) in [5, 5.41) is 3.13. The summed E-state index contributed by atoms with van der Waals surface area (Å²) < 4.78 is 5.29. The first-order valence-corrected chi connectivity index (χ1v) is 3.85. The summed E-state index contributed by atoms with van der Waals surface area (Å²) in [5.74, 6) is 0.574. The van der Waals surface area contributed by atoms with E-state index in [1.54, 1.807) is 13.2 Å². The van der Waals surface area contributed by atoms with E-state index < -0.39 is 0 Å². The maximum atomic E-state index is 11.0. The zero-order valence-electron chi connectivity index (χ0n) is 6.41. The van der Waals surface area contributed by atoms with Crippen molar-refractivity contribution < 1.29 is 9.53 Å². The van der Waals surface area contributed by atoms with E-state index in [0.717, 1.165) is 6.54 Å². The second-order valence-corrected chi connectivity index (χ2v) is 3.09. The van der Waals surface area contributed by atoms with E-state index in [2.05, 4.69) is 5.32 Å². The van der Waals surface area contributed by atoms with Gasteiger partial charge in [-0.25, -0.2) is 0 Å². The normalized spacial score (nSPS) is 40.3. The molecule has 1 fully saturated rings.